The van der Waals surface area contributed by atoms with E-state index in [9.17, 15) is 10.1 Å². The number of nitro groups is 1. The maximum absolute atomic E-state index is 10.2. The van der Waals surface area contributed by atoms with Crippen molar-refractivity contribution in [3.05, 3.63) is 33.3 Å². The van der Waals surface area contributed by atoms with Gasteiger partial charge in [-0.2, -0.15) is 0 Å². The van der Waals surface area contributed by atoms with Crippen LogP contribution in [0, 0.1) is 10.1 Å². The Morgan fingerprint density at radius 1 is 1.44 bits per heavy atom. The van der Waals surface area contributed by atoms with Crippen LogP contribution in [0.25, 0.3) is 6.08 Å². The third-order valence-corrected chi connectivity index (χ3v) is 10.2. The van der Waals surface area contributed by atoms with Gasteiger partial charge in [0.1, 0.15) is 0 Å². The zero-order valence-corrected chi connectivity index (χ0v) is 11.1. The van der Waals surface area contributed by atoms with Gasteiger partial charge >= 0.3 is 0 Å². The largest absolute Gasteiger partial charge is 0.259 e. The van der Waals surface area contributed by atoms with Crippen molar-refractivity contribution in [3.8, 4) is 0 Å². The number of hydrogen-bond donors (Lipinski definition) is 0. The lowest BCUT2D eigenvalue weighted by Crippen LogP contribution is -2.39. The first kappa shape index (κ1) is 11.5. The van der Waals surface area contributed by atoms with Crippen LogP contribution in [-0.2, 0) is 0 Å². The quantitative estimate of drug-likeness (QED) is 0.472. The molecule has 0 radical (unpaired) electrons. The van der Waals surface area contributed by atoms with Gasteiger partial charge in [0.25, 0.3) is 0 Å². The van der Waals surface area contributed by atoms with E-state index < -0.39 is 13.0 Å². The topological polar surface area (TPSA) is 43.1 Å². The molecule has 0 N–H and O–H groups in total. The molecule has 1 aliphatic heterocycles. The van der Waals surface area contributed by atoms with Gasteiger partial charge in [-0.1, -0.05) is 37.5 Å². The van der Waals surface area contributed by atoms with Gasteiger partial charge in [-0.05, 0) is 10.6 Å². The van der Waals surface area contributed by atoms with Gasteiger partial charge in [0, 0.05) is 11.0 Å². The van der Waals surface area contributed by atoms with Crippen LogP contribution in [0.1, 0.15) is 17.7 Å². The minimum Gasteiger partial charge on any atom is -0.259 e. The molecular weight excluding hydrogens is 238 g/mol. The van der Waals surface area contributed by atoms with E-state index in [1.165, 1.54) is 29.4 Å². The van der Waals surface area contributed by atoms with Crippen molar-refractivity contribution < 1.29 is 4.92 Å². The number of thiophene rings is 1. The van der Waals surface area contributed by atoms with E-state index in [0.29, 0.717) is 0 Å². The highest BCUT2D eigenvalue weighted by Crippen LogP contribution is 2.31. The Morgan fingerprint density at radius 3 is 2.75 bits per heavy atom. The first-order chi connectivity index (χ1) is 7.60. The lowest BCUT2D eigenvalue weighted by molar-refractivity contribution is -0.400. The molecule has 5 heteroatoms. The molecule has 1 saturated heterocycles. The summed E-state index contributed by atoms with van der Waals surface area (Å²) in [6.07, 6.45) is 5.34. The number of rotatable bonds is 3. The fourth-order valence-corrected chi connectivity index (χ4v) is 8.20. The molecule has 1 fully saturated rings. The van der Waals surface area contributed by atoms with Crippen LogP contribution < -0.4 is 4.50 Å². The average Bonchev–Trinajstić information content (AvgIpc) is 2.84. The molecule has 0 bridgehead atoms. The third kappa shape index (κ3) is 2.41. The molecule has 0 amide bonds. The molecule has 0 aromatic carbocycles. The van der Waals surface area contributed by atoms with Gasteiger partial charge in [-0.15, -0.1) is 11.3 Å². The molecular formula is C11H15NO2SSi. The second-order valence-corrected chi connectivity index (χ2v) is 10.7. The molecule has 1 aliphatic rings. The van der Waals surface area contributed by atoms with Crippen molar-refractivity contribution in [2.24, 2.45) is 0 Å². The number of hydrogen-bond acceptors (Lipinski definition) is 3. The lowest BCUT2D eigenvalue weighted by Gasteiger charge is -2.18. The standard InChI is InChI=1S/C11H15NO2SSi/c1-16(8-2-3-9-16)11-5-4-10(15-11)6-7-12(13)14/h4-7H,2-3,8-9H2,1H3/b7-6+. The monoisotopic (exact) mass is 253 g/mol. The summed E-state index contributed by atoms with van der Waals surface area (Å²) in [5.74, 6) is 0. The van der Waals surface area contributed by atoms with Crippen molar-refractivity contribution in [1.29, 1.82) is 0 Å². The fourth-order valence-electron chi connectivity index (χ4n) is 2.30. The summed E-state index contributed by atoms with van der Waals surface area (Å²) in [4.78, 5) is 10.8. The average molecular weight is 253 g/mol. The maximum atomic E-state index is 10.2. The molecule has 3 nitrogen and oxygen atoms in total. The minimum absolute atomic E-state index is 0.409. The van der Waals surface area contributed by atoms with Crippen molar-refractivity contribution in [2.45, 2.75) is 31.5 Å². The van der Waals surface area contributed by atoms with Gasteiger partial charge in [0.05, 0.1) is 13.0 Å². The molecule has 86 valence electrons. The summed E-state index contributed by atoms with van der Waals surface area (Å²) in [7, 11) is -1.18. The molecule has 16 heavy (non-hydrogen) atoms. The van der Waals surface area contributed by atoms with Crippen molar-refractivity contribution in [2.75, 3.05) is 0 Å². The smallest absolute Gasteiger partial charge is 0.235 e. The van der Waals surface area contributed by atoms with E-state index in [-0.39, 0.29) is 0 Å². The highest BCUT2D eigenvalue weighted by molar-refractivity contribution is 7.27. The third-order valence-electron chi connectivity index (χ3n) is 3.29. The van der Waals surface area contributed by atoms with Gasteiger partial charge < -0.3 is 0 Å². The van der Waals surface area contributed by atoms with Gasteiger partial charge in [0.2, 0.25) is 6.20 Å². The maximum Gasteiger partial charge on any atom is 0.235 e. The highest BCUT2D eigenvalue weighted by Gasteiger charge is 2.34. The second-order valence-electron chi connectivity index (χ2n) is 4.57. The Labute approximate surface area is 100.0 Å². The Bertz CT molecular complexity index is 421. The Balaban J connectivity index is 2.16. The molecule has 2 heterocycles. The highest BCUT2D eigenvalue weighted by atomic mass is 32.1. The molecule has 1 aromatic rings. The van der Waals surface area contributed by atoms with Crippen molar-refractivity contribution in [1.82, 2.24) is 0 Å². The van der Waals surface area contributed by atoms with E-state index in [1.54, 1.807) is 17.4 Å². The van der Waals surface area contributed by atoms with Crippen LogP contribution in [0.4, 0.5) is 0 Å². The predicted molar refractivity (Wildman–Crippen MR) is 70.4 cm³/mol. The fraction of sp³-hybridized carbons (Fsp3) is 0.455. The van der Waals surface area contributed by atoms with Crippen LogP contribution in [-0.4, -0.2) is 13.0 Å². The van der Waals surface area contributed by atoms with Crippen molar-refractivity contribution >= 4 is 30.0 Å². The molecule has 0 aliphatic carbocycles. The Hall–Kier alpha value is -0.943. The van der Waals surface area contributed by atoms with Crippen LogP contribution in [0.3, 0.4) is 0 Å². The van der Waals surface area contributed by atoms with Gasteiger partial charge in [-0.25, -0.2) is 0 Å². The minimum atomic E-state index is -1.18. The van der Waals surface area contributed by atoms with E-state index in [1.807, 2.05) is 6.07 Å². The number of nitrogens with zero attached hydrogens (tertiary/aromatic N) is 1. The van der Waals surface area contributed by atoms with E-state index in [0.717, 1.165) is 11.1 Å². The van der Waals surface area contributed by atoms with Crippen LogP contribution in [0.2, 0.25) is 18.6 Å². The molecule has 1 aromatic heterocycles. The summed E-state index contributed by atoms with van der Waals surface area (Å²) in [6, 6.07) is 6.95. The Morgan fingerprint density at radius 2 is 2.12 bits per heavy atom. The normalized spacial score (nSPS) is 19.3. The van der Waals surface area contributed by atoms with Gasteiger partial charge in [-0.3, -0.25) is 10.1 Å². The second kappa shape index (κ2) is 4.51. The zero-order valence-electron chi connectivity index (χ0n) is 9.31. The van der Waals surface area contributed by atoms with E-state index in [4.69, 9.17) is 0 Å². The molecule has 0 spiro atoms. The molecule has 0 atom stereocenters. The Kier molecular flexibility index (Phi) is 3.25. The molecule has 0 unspecified atom stereocenters. The molecule has 0 saturated carbocycles. The zero-order chi connectivity index (χ0) is 11.6. The summed E-state index contributed by atoms with van der Waals surface area (Å²) in [5.41, 5.74) is 0. The van der Waals surface area contributed by atoms with E-state index in [2.05, 4.69) is 12.6 Å². The first-order valence-electron chi connectivity index (χ1n) is 5.52. The van der Waals surface area contributed by atoms with Crippen molar-refractivity contribution in [3.63, 3.8) is 0 Å². The van der Waals surface area contributed by atoms with Gasteiger partial charge in [0.15, 0.2) is 0 Å². The SMILES string of the molecule is C[Si]1(c2ccc(/C=C/[N+](=O)[O-])s2)CCCC1. The van der Waals surface area contributed by atoms with Crippen LogP contribution >= 0.6 is 11.3 Å². The van der Waals surface area contributed by atoms with E-state index >= 15 is 0 Å². The van der Waals surface area contributed by atoms with Crippen LogP contribution in [0.15, 0.2) is 18.3 Å². The molecule has 2 rings (SSSR count). The van der Waals surface area contributed by atoms with Crippen LogP contribution in [0.5, 0.6) is 0 Å². The lowest BCUT2D eigenvalue weighted by atomic mass is 10.4. The predicted octanol–water partition coefficient (Wildman–Crippen LogP) is 3.07. The first-order valence-corrected chi connectivity index (χ1v) is 9.25. The summed E-state index contributed by atoms with van der Waals surface area (Å²) >= 11 is 1.74. The summed E-state index contributed by atoms with van der Waals surface area (Å²) in [5, 5.41) is 10.2. The summed E-state index contributed by atoms with van der Waals surface area (Å²) < 4.78 is 1.51. The summed E-state index contributed by atoms with van der Waals surface area (Å²) in [6.45, 7) is 2.44.